The van der Waals surface area contributed by atoms with Crippen LogP contribution in [0.4, 0.5) is 10.3 Å². The lowest BCUT2D eigenvalue weighted by Crippen LogP contribution is -2.24. The first-order valence-corrected chi connectivity index (χ1v) is 8.21. The Bertz CT molecular complexity index is 957. The number of fused-ring (bicyclic) bond motifs is 1. The summed E-state index contributed by atoms with van der Waals surface area (Å²) in [6.07, 6.45) is 1.50. The van der Waals surface area contributed by atoms with Gasteiger partial charge in [0.05, 0.1) is 11.7 Å². The molecule has 0 spiro atoms. The van der Waals surface area contributed by atoms with E-state index in [-0.39, 0.29) is 29.4 Å². The maximum absolute atomic E-state index is 13.8. The predicted octanol–water partition coefficient (Wildman–Crippen LogP) is 3.39. The highest BCUT2D eigenvalue weighted by molar-refractivity contribution is 9.10. The molecule has 126 valence electrons. The number of H-pyrrole nitrogens is 1. The smallest absolute Gasteiger partial charge is 0.263 e. The van der Waals surface area contributed by atoms with Gasteiger partial charge in [0, 0.05) is 16.6 Å². The van der Waals surface area contributed by atoms with Gasteiger partial charge in [-0.2, -0.15) is 10.1 Å². The molecule has 0 radical (unpaired) electrons. The van der Waals surface area contributed by atoms with Crippen LogP contribution in [0.3, 0.4) is 0 Å². The monoisotopic (exact) mass is 393 g/mol. The van der Waals surface area contributed by atoms with Crippen LogP contribution < -0.4 is 10.9 Å². The first kappa shape index (κ1) is 16.6. The van der Waals surface area contributed by atoms with Crippen LogP contribution in [0.1, 0.15) is 26.3 Å². The minimum absolute atomic E-state index is 0.198. The fraction of sp³-hybridized carbons (Fsp3) is 0.312. The third-order valence-electron chi connectivity index (χ3n) is 3.53. The average molecular weight is 394 g/mol. The second kappa shape index (κ2) is 6.01. The van der Waals surface area contributed by atoms with E-state index in [1.54, 1.807) is 16.8 Å². The number of aromatic amines is 1. The normalized spacial score (nSPS) is 11.9. The molecule has 0 saturated heterocycles. The molecule has 1 aromatic carbocycles. The number of nitrogens with one attached hydrogen (secondary N) is 2. The van der Waals surface area contributed by atoms with Crippen LogP contribution in [0.25, 0.3) is 11.0 Å². The number of aromatic nitrogens is 4. The lowest BCUT2D eigenvalue weighted by Gasteiger charge is -2.19. The van der Waals surface area contributed by atoms with Crippen molar-refractivity contribution in [3.05, 3.63) is 50.6 Å². The van der Waals surface area contributed by atoms with Crippen LogP contribution in [-0.2, 0) is 12.1 Å². The van der Waals surface area contributed by atoms with Crippen molar-refractivity contribution in [1.82, 2.24) is 19.7 Å². The molecule has 3 aromatic rings. The topological polar surface area (TPSA) is 75.6 Å². The van der Waals surface area contributed by atoms with Crippen LogP contribution >= 0.6 is 15.9 Å². The molecular formula is C16H17BrFN5O. The number of hydrogen-bond donors (Lipinski definition) is 2. The molecule has 2 N–H and O–H groups in total. The lowest BCUT2D eigenvalue weighted by molar-refractivity contribution is 0.366. The van der Waals surface area contributed by atoms with Crippen LogP contribution in [0, 0.1) is 5.82 Å². The summed E-state index contributed by atoms with van der Waals surface area (Å²) >= 11 is 3.31. The van der Waals surface area contributed by atoms with Crippen LogP contribution in [0.5, 0.6) is 0 Å². The van der Waals surface area contributed by atoms with E-state index in [1.807, 2.05) is 20.8 Å². The van der Waals surface area contributed by atoms with Gasteiger partial charge in [-0.1, -0.05) is 15.9 Å². The van der Waals surface area contributed by atoms with Crippen molar-refractivity contribution in [2.24, 2.45) is 0 Å². The van der Waals surface area contributed by atoms with Gasteiger partial charge in [-0.25, -0.2) is 9.07 Å². The predicted molar refractivity (Wildman–Crippen MR) is 94.6 cm³/mol. The number of anilines is 1. The number of rotatable bonds is 3. The molecule has 0 fully saturated rings. The van der Waals surface area contributed by atoms with Gasteiger partial charge >= 0.3 is 0 Å². The molecule has 3 rings (SSSR count). The summed E-state index contributed by atoms with van der Waals surface area (Å²) < 4.78 is 16.3. The van der Waals surface area contributed by atoms with Gasteiger partial charge in [-0.3, -0.25) is 9.78 Å². The van der Waals surface area contributed by atoms with E-state index in [9.17, 15) is 9.18 Å². The maximum Gasteiger partial charge on any atom is 0.263 e. The van der Waals surface area contributed by atoms with E-state index in [0.29, 0.717) is 16.6 Å². The standard InChI is InChI=1S/C16H17BrFN5O/c1-16(2,3)23-13-11(8-20-23)14(24)22-15(21-13)19-7-9-6-10(17)4-5-12(9)18/h4-6,8H,7H2,1-3H3,(H2,19,21,22,24). The Morgan fingerprint density at radius 2 is 2.12 bits per heavy atom. The maximum atomic E-state index is 13.8. The number of nitrogens with zero attached hydrogens (tertiary/aromatic N) is 3. The molecule has 0 aliphatic carbocycles. The minimum Gasteiger partial charge on any atom is -0.351 e. The molecule has 0 atom stereocenters. The van der Waals surface area contributed by atoms with Crippen molar-refractivity contribution in [2.45, 2.75) is 32.9 Å². The third-order valence-corrected chi connectivity index (χ3v) is 4.02. The Morgan fingerprint density at radius 3 is 2.83 bits per heavy atom. The summed E-state index contributed by atoms with van der Waals surface area (Å²) in [5.41, 5.74) is 0.364. The second-order valence-electron chi connectivity index (χ2n) is 6.47. The van der Waals surface area contributed by atoms with Gasteiger partial charge in [0.25, 0.3) is 5.56 Å². The summed E-state index contributed by atoms with van der Waals surface area (Å²) in [5.74, 6) is -0.0493. The molecule has 0 unspecified atom stereocenters. The first-order chi connectivity index (χ1) is 11.3. The quantitative estimate of drug-likeness (QED) is 0.714. The molecule has 6 nitrogen and oxygen atoms in total. The van der Waals surface area contributed by atoms with Gasteiger partial charge < -0.3 is 5.32 Å². The fourth-order valence-electron chi connectivity index (χ4n) is 2.35. The molecule has 0 aliphatic heterocycles. The zero-order valence-corrected chi connectivity index (χ0v) is 15.1. The zero-order chi connectivity index (χ0) is 17.5. The highest BCUT2D eigenvalue weighted by atomic mass is 79.9. The molecule has 2 aromatic heterocycles. The third kappa shape index (κ3) is 3.19. The van der Waals surface area contributed by atoms with Gasteiger partial charge in [-0.15, -0.1) is 0 Å². The summed E-state index contributed by atoms with van der Waals surface area (Å²) in [5, 5.41) is 7.64. The van der Waals surface area contributed by atoms with E-state index in [1.165, 1.54) is 12.3 Å². The van der Waals surface area contributed by atoms with E-state index >= 15 is 0 Å². The molecule has 0 saturated carbocycles. The zero-order valence-electron chi connectivity index (χ0n) is 13.5. The van der Waals surface area contributed by atoms with Crippen LogP contribution in [0.2, 0.25) is 0 Å². The van der Waals surface area contributed by atoms with Gasteiger partial charge in [0.2, 0.25) is 5.95 Å². The Labute approximate surface area is 146 Å². The summed E-state index contributed by atoms with van der Waals surface area (Å²) in [7, 11) is 0. The Balaban J connectivity index is 1.95. The van der Waals surface area contributed by atoms with Gasteiger partial charge in [0.15, 0.2) is 5.65 Å². The van der Waals surface area contributed by atoms with Gasteiger partial charge in [-0.05, 0) is 39.0 Å². The molecule has 8 heteroatoms. The fourth-order valence-corrected chi connectivity index (χ4v) is 2.76. The van der Waals surface area contributed by atoms with Crippen molar-refractivity contribution >= 4 is 32.9 Å². The summed E-state index contributed by atoms with van der Waals surface area (Å²) in [4.78, 5) is 19.3. The Morgan fingerprint density at radius 1 is 1.38 bits per heavy atom. The highest BCUT2D eigenvalue weighted by Gasteiger charge is 2.19. The molecule has 2 heterocycles. The second-order valence-corrected chi connectivity index (χ2v) is 7.38. The van der Waals surface area contributed by atoms with E-state index < -0.39 is 0 Å². The number of hydrogen-bond acceptors (Lipinski definition) is 4. The average Bonchev–Trinajstić information content (AvgIpc) is 2.93. The number of benzene rings is 1. The van der Waals surface area contributed by atoms with E-state index in [4.69, 9.17) is 0 Å². The summed E-state index contributed by atoms with van der Waals surface area (Å²) in [6.45, 7) is 6.13. The molecule has 0 bridgehead atoms. The van der Waals surface area contributed by atoms with Crippen LogP contribution in [-0.4, -0.2) is 19.7 Å². The largest absolute Gasteiger partial charge is 0.351 e. The van der Waals surface area contributed by atoms with Crippen molar-refractivity contribution in [3.8, 4) is 0 Å². The summed E-state index contributed by atoms with van der Waals surface area (Å²) in [6, 6.07) is 4.69. The molecule has 0 amide bonds. The van der Waals surface area contributed by atoms with Crippen molar-refractivity contribution < 1.29 is 4.39 Å². The van der Waals surface area contributed by atoms with E-state index in [0.717, 1.165) is 4.47 Å². The molecule has 0 aliphatic rings. The van der Waals surface area contributed by atoms with Gasteiger partial charge in [0.1, 0.15) is 11.2 Å². The van der Waals surface area contributed by atoms with Crippen molar-refractivity contribution in [3.63, 3.8) is 0 Å². The first-order valence-electron chi connectivity index (χ1n) is 7.42. The Kier molecular flexibility index (Phi) is 4.16. The number of halogens is 2. The lowest BCUT2D eigenvalue weighted by atomic mass is 10.1. The van der Waals surface area contributed by atoms with Crippen molar-refractivity contribution in [1.29, 1.82) is 0 Å². The molecule has 24 heavy (non-hydrogen) atoms. The Hall–Kier alpha value is -2.22. The van der Waals surface area contributed by atoms with Crippen LogP contribution in [0.15, 0.2) is 33.7 Å². The van der Waals surface area contributed by atoms with E-state index in [2.05, 4.69) is 36.3 Å². The SMILES string of the molecule is CC(C)(C)n1ncc2c(=O)[nH]c(NCc3cc(Br)ccc3F)nc21. The minimum atomic E-state index is -0.325. The van der Waals surface area contributed by atoms with Crippen molar-refractivity contribution in [2.75, 3.05) is 5.32 Å². The highest BCUT2D eigenvalue weighted by Crippen LogP contribution is 2.19. The molecular weight excluding hydrogens is 377 g/mol.